The van der Waals surface area contributed by atoms with Crippen LogP contribution in [-0.2, 0) is 16.0 Å². The van der Waals surface area contributed by atoms with E-state index in [1.807, 2.05) is 19.1 Å². The van der Waals surface area contributed by atoms with Crippen LogP contribution in [0.3, 0.4) is 0 Å². The first-order valence-electron chi connectivity index (χ1n) is 10.2. The fourth-order valence-corrected chi connectivity index (χ4v) is 3.57. The van der Waals surface area contributed by atoms with E-state index in [4.69, 9.17) is 11.6 Å². The Morgan fingerprint density at radius 1 is 0.939 bits per heavy atom. The maximum Gasteiger partial charge on any atom is 0.283 e. The Hall–Kier alpha value is -4.10. The first-order chi connectivity index (χ1) is 15.9. The Morgan fingerprint density at radius 2 is 1.64 bits per heavy atom. The zero-order chi connectivity index (χ0) is 23.5. The summed E-state index contributed by atoms with van der Waals surface area (Å²) in [5, 5.41) is 14.7. The molecule has 0 saturated heterocycles. The molecule has 0 radical (unpaired) electrons. The Balaban J connectivity index is 1.52. The number of halogens is 1. The van der Waals surface area contributed by atoms with Crippen molar-refractivity contribution in [1.82, 2.24) is 0 Å². The molecule has 0 aliphatic carbocycles. The molecule has 0 bridgehead atoms. The molecule has 0 atom stereocenters. The third kappa shape index (κ3) is 4.58. The van der Waals surface area contributed by atoms with Gasteiger partial charge in [0.2, 0.25) is 0 Å². The van der Waals surface area contributed by atoms with E-state index in [1.54, 1.807) is 48.5 Å². The van der Waals surface area contributed by atoms with Crippen molar-refractivity contribution in [2.75, 3.05) is 15.5 Å². The number of aromatic hydroxyl groups is 1. The van der Waals surface area contributed by atoms with Crippen molar-refractivity contribution in [2.45, 2.75) is 13.3 Å². The van der Waals surface area contributed by atoms with Crippen LogP contribution in [0.25, 0.3) is 0 Å². The van der Waals surface area contributed by atoms with Crippen molar-refractivity contribution in [3.05, 3.63) is 94.7 Å². The highest BCUT2D eigenvalue weighted by Crippen LogP contribution is 2.30. The highest BCUT2D eigenvalue weighted by molar-refractivity contribution is 6.53. The van der Waals surface area contributed by atoms with E-state index in [0.717, 1.165) is 16.9 Å². The minimum absolute atomic E-state index is 0.0580. The minimum atomic E-state index is -0.616. The number of carbonyl (C=O) groups is 3. The number of hydrogen-bond donors (Lipinski definition) is 3. The molecule has 33 heavy (non-hydrogen) atoms. The lowest BCUT2D eigenvalue weighted by atomic mass is 10.1. The number of aryl methyl sites for hydroxylation is 1. The van der Waals surface area contributed by atoms with Crippen LogP contribution in [0.4, 0.5) is 17.1 Å². The third-order valence-corrected chi connectivity index (χ3v) is 5.50. The van der Waals surface area contributed by atoms with Crippen molar-refractivity contribution >= 4 is 46.4 Å². The Bertz CT molecular complexity index is 1270. The molecule has 0 saturated carbocycles. The van der Waals surface area contributed by atoms with Crippen LogP contribution in [0.5, 0.6) is 5.75 Å². The van der Waals surface area contributed by atoms with Crippen molar-refractivity contribution < 1.29 is 19.5 Å². The first-order valence-corrected chi connectivity index (χ1v) is 10.6. The predicted molar refractivity (Wildman–Crippen MR) is 127 cm³/mol. The van der Waals surface area contributed by atoms with Gasteiger partial charge in [-0.1, -0.05) is 36.7 Å². The molecule has 3 amide bonds. The molecule has 7 nitrogen and oxygen atoms in total. The van der Waals surface area contributed by atoms with Crippen molar-refractivity contribution in [2.24, 2.45) is 0 Å². The fraction of sp³-hybridized carbons (Fsp3) is 0.0800. The number of carbonyl (C=O) groups excluding carboxylic acids is 3. The van der Waals surface area contributed by atoms with E-state index in [2.05, 4.69) is 10.6 Å². The second kappa shape index (κ2) is 9.18. The summed E-state index contributed by atoms with van der Waals surface area (Å²) < 4.78 is 0. The summed E-state index contributed by atoms with van der Waals surface area (Å²) in [7, 11) is 0. The zero-order valence-corrected chi connectivity index (χ0v) is 18.4. The van der Waals surface area contributed by atoms with Crippen molar-refractivity contribution in [3.63, 3.8) is 0 Å². The number of imide groups is 1. The van der Waals surface area contributed by atoms with Gasteiger partial charge in [-0.3, -0.25) is 14.4 Å². The number of nitrogens with one attached hydrogen (secondary N) is 2. The summed E-state index contributed by atoms with van der Waals surface area (Å²) in [6.45, 7) is 2.01. The van der Waals surface area contributed by atoms with Gasteiger partial charge >= 0.3 is 0 Å². The first kappa shape index (κ1) is 22.1. The quantitative estimate of drug-likeness (QED) is 0.367. The normalized spacial score (nSPS) is 13.5. The van der Waals surface area contributed by atoms with Gasteiger partial charge in [0, 0.05) is 16.9 Å². The summed E-state index contributed by atoms with van der Waals surface area (Å²) >= 11 is 6.20. The molecule has 1 heterocycles. The number of benzene rings is 3. The molecule has 3 N–H and O–H groups in total. The van der Waals surface area contributed by atoms with Crippen LogP contribution in [-0.4, -0.2) is 22.8 Å². The summed E-state index contributed by atoms with van der Waals surface area (Å²) in [4.78, 5) is 39.2. The van der Waals surface area contributed by atoms with Crippen LogP contribution in [0.15, 0.2) is 83.5 Å². The smallest absolute Gasteiger partial charge is 0.283 e. The number of phenolic OH excluding ortho intramolecular Hbond substituents is 1. The van der Waals surface area contributed by atoms with E-state index in [1.165, 1.54) is 12.1 Å². The molecule has 8 heteroatoms. The van der Waals surface area contributed by atoms with Crippen molar-refractivity contribution in [3.8, 4) is 5.75 Å². The molecular weight excluding hydrogens is 442 g/mol. The Morgan fingerprint density at radius 3 is 2.30 bits per heavy atom. The average Bonchev–Trinajstić information content (AvgIpc) is 3.04. The maximum atomic E-state index is 13.0. The lowest BCUT2D eigenvalue weighted by Gasteiger charge is -2.15. The van der Waals surface area contributed by atoms with E-state index < -0.39 is 11.8 Å². The van der Waals surface area contributed by atoms with Crippen LogP contribution in [0.2, 0.25) is 0 Å². The van der Waals surface area contributed by atoms with Gasteiger partial charge in [-0.15, -0.1) is 0 Å². The minimum Gasteiger partial charge on any atom is -0.508 e. The standard InChI is InChI=1S/C25H20ClN3O4/c1-2-15-6-10-19(11-7-15)29-24(32)21(26)22(25(29)33)27-18-5-3-4-16(14-18)23(31)28-17-8-12-20(30)13-9-17/h3-14,27,30H,2H2,1H3,(H,28,31). The monoisotopic (exact) mass is 461 g/mol. The molecule has 3 aromatic carbocycles. The van der Waals surface area contributed by atoms with E-state index in [9.17, 15) is 19.5 Å². The van der Waals surface area contributed by atoms with Gasteiger partial charge in [0.05, 0.1) is 5.69 Å². The summed E-state index contributed by atoms with van der Waals surface area (Å²) in [5.41, 5.74) is 2.72. The second-order valence-corrected chi connectivity index (χ2v) is 7.74. The summed E-state index contributed by atoms with van der Waals surface area (Å²) in [5.74, 6) is -1.48. The van der Waals surface area contributed by atoms with Crippen molar-refractivity contribution in [1.29, 1.82) is 0 Å². The Kier molecular flexibility index (Phi) is 6.15. The van der Waals surface area contributed by atoms with Gasteiger partial charge in [0.25, 0.3) is 17.7 Å². The van der Waals surface area contributed by atoms with Gasteiger partial charge < -0.3 is 15.7 Å². The molecule has 1 aliphatic rings. The molecule has 0 aromatic heterocycles. The number of phenols is 1. The van der Waals surface area contributed by atoms with E-state index in [-0.39, 0.29) is 22.4 Å². The van der Waals surface area contributed by atoms with Crippen LogP contribution in [0.1, 0.15) is 22.8 Å². The highest BCUT2D eigenvalue weighted by Gasteiger charge is 2.38. The molecule has 0 spiro atoms. The fourth-order valence-electron chi connectivity index (χ4n) is 3.36. The number of hydrogen-bond acceptors (Lipinski definition) is 5. The van der Waals surface area contributed by atoms with Gasteiger partial charge in [0.1, 0.15) is 16.5 Å². The van der Waals surface area contributed by atoms with Gasteiger partial charge in [-0.05, 0) is 66.6 Å². The lowest BCUT2D eigenvalue weighted by molar-refractivity contribution is -0.120. The summed E-state index contributed by atoms with van der Waals surface area (Å²) in [6.07, 6.45) is 0.838. The number of nitrogens with zero attached hydrogens (tertiary/aromatic N) is 1. The molecule has 0 unspecified atom stereocenters. The highest BCUT2D eigenvalue weighted by atomic mass is 35.5. The Labute approximate surface area is 195 Å². The third-order valence-electron chi connectivity index (χ3n) is 5.15. The van der Waals surface area contributed by atoms with Crippen LogP contribution >= 0.6 is 11.6 Å². The van der Waals surface area contributed by atoms with E-state index in [0.29, 0.717) is 22.6 Å². The van der Waals surface area contributed by atoms with Gasteiger partial charge in [-0.25, -0.2) is 4.90 Å². The zero-order valence-electron chi connectivity index (χ0n) is 17.6. The average molecular weight is 462 g/mol. The molecule has 3 aromatic rings. The molecular formula is C25H20ClN3O4. The topological polar surface area (TPSA) is 98.7 Å². The predicted octanol–water partition coefficient (Wildman–Crippen LogP) is 4.64. The molecule has 0 fully saturated rings. The van der Waals surface area contributed by atoms with Crippen LogP contribution < -0.4 is 15.5 Å². The van der Waals surface area contributed by atoms with E-state index >= 15 is 0 Å². The second-order valence-electron chi connectivity index (χ2n) is 7.36. The number of rotatable bonds is 6. The van der Waals surface area contributed by atoms with Gasteiger partial charge in [0.15, 0.2) is 0 Å². The SMILES string of the molecule is CCc1ccc(N2C(=O)C(Cl)=C(Nc3cccc(C(=O)Nc4ccc(O)cc4)c3)C2=O)cc1. The number of anilines is 3. The van der Waals surface area contributed by atoms with Gasteiger partial charge in [-0.2, -0.15) is 0 Å². The maximum absolute atomic E-state index is 13.0. The number of amides is 3. The van der Waals surface area contributed by atoms with Crippen LogP contribution in [0, 0.1) is 0 Å². The largest absolute Gasteiger partial charge is 0.508 e. The summed E-state index contributed by atoms with van der Waals surface area (Å²) in [6, 6.07) is 19.6. The lowest BCUT2D eigenvalue weighted by Crippen LogP contribution is -2.32. The molecule has 4 rings (SSSR count). The molecule has 1 aliphatic heterocycles. The molecule has 166 valence electrons.